The lowest BCUT2D eigenvalue weighted by molar-refractivity contribution is -0.0314. The van der Waals surface area contributed by atoms with Crippen molar-refractivity contribution < 1.29 is 9.57 Å². The summed E-state index contributed by atoms with van der Waals surface area (Å²) in [5.41, 5.74) is 2.98. The Balaban J connectivity index is 1.75. The van der Waals surface area contributed by atoms with Crippen molar-refractivity contribution in [2.24, 2.45) is 0 Å². The lowest BCUT2D eigenvalue weighted by Crippen LogP contribution is -2.25. The van der Waals surface area contributed by atoms with Crippen LogP contribution >= 0.6 is 0 Å². The number of nitrogens with one attached hydrogen (secondary N) is 1. The molecule has 0 heterocycles. The molecule has 3 nitrogen and oxygen atoms in total. The molecule has 0 spiro atoms. The third kappa shape index (κ3) is 5.58. The molecule has 0 atom stereocenters. The Morgan fingerprint density at radius 1 is 1.21 bits per heavy atom. The highest BCUT2D eigenvalue weighted by molar-refractivity contribution is 4.65. The van der Waals surface area contributed by atoms with Crippen LogP contribution in [0, 0.1) is 0 Å². The van der Waals surface area contributed by atoms with Gasteiger partial charge in [-0.3, -0.25) is 4.84 Å². The summed E-state index contributed by atoms with van der Waals surface area (Å²) in [5.74, 6) is 0. The molecule has 1 aliphatic rings. The molecule has 3 heteroatoms. The van der Waals surface area contributed by atoms with Crippen molar-refractivity contribution in [3.63, 3.8) is 0 Å². The van der Waals surface area contributed by atoms with E-state index in [1.165, 1.54) is 32.1 Å². The van der Waals surface area contributed by atoms with E-state index in [0.29, 0.717) is 6.10 Å². The molecule has 0 radical (unpaired) electrons. The molecule has 0 unspecified atom stereocenters. The van der Waals surface area contributed by atoms with Crippen molar-refractivity contribution >= 4 is 0 Å². The van der Waals surface area contributed by atoms with Gasteiger partial charge < -0.3 is 4.74 Å². The smallest absolute Gasteiger partial charge is 0.0790 e. The third-order valence-corrected chi connectivity index (χ3v) is 2.54. The molecule has 0 aromatic carbocycles. The van der Waals surface area contributed by atoms with E-state index in [-0.39, 0.29) is 0 Å². The van der Waals surface area contributed by atoms with E-state index in [0.717, 1.165) is 26.2 Å². The molecule has 0 bridgehead atoms. The lowest BCUT2D eigenvalue weighted by Gasteiger charge is -2.11. The Kier molecular flexibility index (Phi) is 7.01. The first kappa shape index (κ1) is 12.0. The molecule has 1 N–H and O–H groups in total. The molecule has 0 aromatic heterocycles. The van der Waals surface area contributed by atoms with Crippen LogP contribution in [0.3, 0.4) is 0 Å². The van der Waals surface area contributed by atoms with Gasteiger partial charge >= 0.3 is 0 Å². The predicted octanol–water partition coefficient (Wildman–Crippen LogP) is 2.27. The number of rotatable bonds is 8. The summed E-state index contributed by atoms with van der Waals surface area (Å²) < 4.78 is 5.40. The van der Waals surface area contributed by atoms with Crippen molar-refractivity contribution in [3.8, 4) is 0 Å². The van der Waals surface area contributed by atoms with Crippen LogP contribution < -0.4 is 5.48 Å². The second-order valence-corrected chi connectivity index (χ2v) is 3.88. The highest BCUT2D eigenvalue weighted by Gasteiger charge is 2.14. The topological polar surface area (TPSA) is 30.5 Å². The zero-order valence-electron chi connectivity index (χ0n) is 9.26. The molecule has 1 aliphatic carbocycles. The number of hydroxylamine groups is 1. The van der Waals surface area contributed by atoms with Crippen molar-refractivity contribution in [2.75, 3.05) is 19.8 Å². The average Bonchev–Trinajstić information content (AvgIpc) is 2.69. The van der Waals surface area contributed by atoms with Crippen LogP contribution in [0.1, 0.15) is 45.4 Å². The van der Waals surface area contributed by atoms with Gasteiger partial charge in [0.2, 0.25) is 0 Å². The van der Waals surface area contributed by atoms with E-state index in [1.807, 2.05) is 0 Å². The maximum atomic E-state index is 5.48. The monoisotopic (exact) mass is 201 g/mol. The van der Waals surface area contributed by atoms with Crippen LogP contribution in [-0.2, 0) is 9.57 Å². The van der Waals surface area contributed by atoms with E-state index >= 15 is 0 Å². The van der Waals surface area contributed by atoms with Crippen molar-refractivity contribution in [1.82, 2.24) is 5.48 Å². The molecule has 0 aromatic rings. The van der Waals surface area contributed by atoms with Gasteiger partial charge in [-0.15, -0.1) is 0 Å². The highest BCUT2D eigenvalue weighted by atomic mass is 16.7. The predicted molar refractivity (Wildman–Crippen MR) is 57.1 cm³/mol. The fraction of sp³-hybridized carbons (Fsp3) is 1.00. The summed E-state index contributed by atoms with van der Waals surface area (Å²) in [6.45, 7) is 4.61. The molecule has 0 aliphatic heterocycles. The van der Waals surface area contributed by atoms with Gasteiger partial charge in [0, 0.05) is 13.2 Å². The minimum atomic E-state index is 0.450. The summed E-state index contributed by atoms with van der Waals surface area (Å²) in [6.07, 6.45) is 7.87. The van der Waals surface area contributed by atoms with Gasteiger partial charge in [-0.05, 0) is 19.3 Å². The second-order valence-electron chi connectivity index (χ2n) is 3.88. The van der Waals surface area contributed by atoms with E-state index in [1.54, 1.807) is 0 Å². The fourth-order valence-corrected chi connectivity index (χ4v) is 1.65. The Hall–Kier alpha value is -0.120. The number of unbranched alkanes of at least 4 members (excludes halogenated alkanes) is 1. The maximum absolute atomic E-state index is 5.48. The molecule has 84 valence electrons. The molecule has 0 amide bonds. The summed E-state index contributed by atoms with van der Waals surface area (Å²) in [5, 5.41) is 0. The van der Waals surface area contributed by atoms with E-state index in [4.69, 9.17) is 9.57 Å². The van der Waals surface area contributed by atoms with Crippen molar-refractivity contribution in [3.05, 3.63) is 0 Å². The maximum Gasteiger partial charge on any atom is 0.0790 e. The summed E-state index contributed by atoms with van der Waals surface area (Å²) in [7, 11) is 0. The van der Waals surface area contributed by atoms with Crippen molar-refractivity contribution in [2.45, 2.75) is 51.6 Å². The van der Waals surface area contributed by atoms with Gasteiger partial charge in [0.25, 0.3) is 0 Å². The first-order chi connectivity index (χ1) is 6.93. The highest BCUT2D eigenvalue weighted by Crippen LogP contribution is 2.19. The Labute approximate surface area is 87.1 Å². The normalized spacial score (nSPS) is 17.8. The number of ether oxygens (including phenoxy) is 1. The zero-order chi connectivity index (χ0) is 10.1. The Bertz CT molecular complexity index is 124. The Morgan fingerprint density at radius 2 is 2.00 bits per heavy atom. The molecule has 1 rings (SSSR count). The quantitative estimate of drug-likeness (QED) is 0.482. The standard InChI is InChI=1S/C11H23NO2/c1-2-3-9-13-10-8-12-14-11-6-4-5-7-11/h11-12H,2-10H2,1H3. The first-order valence-electron chi connectivity index (χ1n) is 5.89. The van der Waals surface area contributed by atoms with E-state index < -0.39 is 0 Å². The van der Waals surface area contributed by atoms with Crippen LogP contribution in [-0.4, -0.2) is 25.9 Å². The minimum Gasteiger partial charge on any atom is -0.380 e. The summed E-state index contributed by atoms with van der Waals surface area (Å²) in [6, 6.07) is 0. The van der Waals surface area contributed by atoms with E-state index in [2.05, 4.69) is 12.4 Å². The molecular weight excluding hydrogens is 178 g/mol. The molecule has 1 saturated carbocycles. The van der Waals surface area contributed by atoms with Crippen LogP contribution in [0.25, 0.3) is 0 Å². The average molecular weight is 201 g/mol. The fourth-order valence-electron chi connectivity index (χ4n) is 1.65. The van der Waals surface area contributed by atoms with Gasteiger partial charge in [0.05, 0.1) is 12.7 Å². The van der Waals surface area contributed by atoms with Crippen LogP contribution in [0.15, 0.2) is 0 Å². The molecule has 1 fully saturated rings. The third-order valence-electron chi connectivity index (χ3n) is 2.54. The largest absolute Gasteiger partial charge is 0.380 e. The van der Waals surface area contributed by atoms with Gasteiger partial charge in [0.15, 0.2) is 0 Å². The SMILES string of the molecule is CCCCOCCNOC1CCCC1. The van der Waals surface area contributed by atoms with Gasteiger partial charge in [-0.1, -0.05) is 26.2 Å². The minimum absolute atomic E-state index is 0.450. The summed E-state index contributed by atoms with van der Waals surface area (Å²) in [4.78, 5) is 5.48. The van der Waals surface area contributed by atoms with Crippen LogP contribution in [0.4, 0.5) is 0 Å². The van der Waals surface area contributed by atoms with Crippen molar-refractivity contribution in [1.29, 1.82) is 0 Å². The lowest BCUT2D eigenvalue weighted by atomic mass is 10.3. The van der Waals surface area contributed by atoms with Crippen LogP contribution in [0.5, 0.6) is 0 Å². The number of hydrogen-bond acceptors (Lipinski definition) is 3. The first-order valence-corrected chi connectivity index (χ1v) is 5.89. The van der Waals surface area contributed by atoms with Gasteiger partial charge in [0.1, 0.15) is 0 Å². The summed E-state index contributed by atoms with van der Waals surface area (Å²) >= 11 is 0. The molecular formula is C11H23NO2. The number of hydrogen-bond donors (Lipinski definition) is 1. The zero-order valence-corrected chi connectivity index (χ0v) is 9.26. The molecule has 0 saturated heterocycles. The van der Waals surface area contributed by atoms with Crippen LogP contribution in [0.2, 0.25) is 0 Å². The second kappa shape index (κ2) is 8.21. The van der Waals surface area contributed by atoms with Gasteiger partial charge in [-0.25, -0.2) is 0 Å². The van der Waals surface area contributed by atoms with Gasteiger partial charge in [-0.2, -0.15) is 5.48 Å². The van der Waals surface area contributed by atoms with E-state index in [9.17, 15) is 0 Å². The molecule has 14 heavy (non-hydrogen) atoms. The Morgan fingerprint density at radius 3 is 2.71 bits per heavy atom.